The Balaban J connectivity index is 1.54. The van der Waals surface area contributed by atoms with E-state index in [0.29, 0.717) is 26.2 Å². The van der Waals surface area contributed by atoms with E-state index in [0.717, 1.165) is 28.9 Å². The molecule has 0 spiro atoms. The van der Waals surface area contributed by atoms with E-state index in [9.17, 15) is 8.42 Å². The molecule has 8 heteroatoms. The average Bonchev–Trinajstić information content (AvgIpc) is 3.26. The van der Waals surface area contributed by atoms with E-state index in [2.05, 4.69) is 14.9 Å². The first-order valence-electron chi connectivity index (χ1n) is 7.08. The molecular formula is C13H16N4O2S2. The number of piperazine rings is 1. The molecule has 1 aliphatic carbocycles. The van der Waals surface area contributed by atoms with Gasteiger partial charge in [-0.3, -0.25) is 0 Å². The first-order chi connectivity index (χ1) is 10.2. The Morgan fingerprint density at radius 3 is 2.62 bits per heavy atom. The molecule has 21 heavy (non-hydrogen) atoms. The summed E-state index contributed by atoms with van der Waals surface area (Å²) in [6, 6.07) is 2.03. The molecule has 0 N–H and O–H groups in total. The molecule has 2 aliphatic rings. The van der Waals surface area contributed by atoms with Gasteiger partial charge in [-0.1, -0.05) is 0 Å². The summed E-state index contributed by atoms with van der Waals surface area (Å²) < 4.78 is 26.1. The van der Waals surface area contributed by atoms with Crippen molar-refractivity contribution >= 4 is 37.4 Å². The van der Waals surface area contributed by atoms with Crippen molar-refractivity contribution in [2.45, 2.75) is 18.1 Å². The molecular weight excluding hydrogens is 308 g/mol. The second-order valence-electron chi connectivity index (χ2n) is 5.47. The van der Waals surface area contributed by atoms with Crippen molar-refractivity contribution in [1.29, 1.82) is 0 Å². The second kappa shape index (κ2) is 4.89. The van der Waals surface area contributed by atoms with Crippen LogP contribution in [-0.4, -0.2) is 54.1 Å². The Labute approximate surface area is 127 Å². The van der Waals surface area contributed by atoms with Crippen molar-refractivity contribution in [1.82, 2.24) is 14.3 Å². The summed E-state index contributed by atoms with van der Waals surface area (Å²) in [5.41, 5.74) is 0. The molecule has 4 rings (SSSR count). The van der Waals surface area contributed by atoms with Crippen molar-refractivity contribution in [2.24, 2.45) is 0 Å². The summed E-state index contributed by atoms with van der Waals surface area (Å²) >= 11 is 1.60. The monoisotopic (exact) mass is 324 g/mol. The third-order valence-corrected chi connectivity index (χ3v) is 7.30. The maximum absolute atomic E-state index is 12.2. The normalized spacial score (nSPS) is 21.0. The van der Waals surface area contributed by atoms with Gasteiger partial charge in [0.05, 0.1) is 10.6 Å². The number of anilines is 1. The predicted octanol–water partition coefficient (Wildman–Crippen LogP) is 1.31. The number of aromatic nitrogens is 2. The number of sulfonamides is 1. The topological polar surface area (TPSA) is 66.4 Å². The minimum Gasteiger partial charge on any atom is -0.353 e. The molecule has 1 saturated carbocycles. The fraction of sp³-hybridized carbons (Fsp3) is 0.538. The second-order valence-corrected chi connectivity index (χ2v) is 8.57. The van der Waals surface area contributed by atoms with Crippen molar-refractivity contribution in [2.75, 3.05) is 31.1 Å². The molecule has 0 radical (unpaired) electrons. The lowest BCUT2D eigenvalue weighted by atomic mass is 10.3. The Morgan fingerprint density at radius 1 is 1.14 bits per heavy atom. The molecule has 112 valence electrons. The molecule has 0 atom stereocenters. The summed E-state index contributed by atoms with van der Waals surface area (Å²) in [7, 11) is -3.05. The zero-order chi connectivity index (χ0) is 14.4. The Kier molecular flexibility index (Phi) is 3.13. The van der Waals surface area contributed by atoms with E-state index < -0.39 is 10.0 Å². The van der Waals surface area contributed by atoms with E-state index in [4.69, 9.17) is 0 Å². The lowest BCUT2D eigenvalue weighted by Crippen LogP contribution is -2.49. The SMILES string of the molecule is O=S(=O)(C1CC1)N1CCN(c2ncnc3sccc23)CC1. The Hall–Kier alpha value is -1.25. The van der Waals surface area contributed by atoms with Gasteiger partial charge < -0.3 is 4.90 Å². The number of hydrogen-bond donors (Lipinski definition) is 0. The Morgan fingerprint density at radius 2 is 1.90 bits per heavy atom. The molecule has 0 amide bonds. The molecule has 0 bridgehead atoms. The molecule has 1 saturated heterocycles. The molecule has 6 nitrogen and oxygen atoms in total. The predicted molar refractivity (Wildman–Crippen MR) is 83.1 cm³/mol. The summed E-state index contributed by atoms with van der Waals surface area (Å²) in [6.07, 6.45) is 3.23. The summed E-state index contributed by atoms with van der Waals surface area (Å²) in [5, 5.41) is 2.95. The van der Waals surface area contributed by atoms with Gasteiger partial charge in [0.15, 0.2) is 0 Å². The van der Waals surface area contributed by atoms with Crippen LogP contribution in [0.4, 0.5) is 5.82 Å². The van der Waals surface area contributed by atoms with Gasteiger partial charge in [-0.25, -0.2) is 18.4 Å². The van der Waals surface area contributed by atoms with E-state index in [1.807, 2.05) is 11.4 Å². The minimum absolute atomic E-state index is 0.119. The molecule has 3 heterocycles. The van der Waals surface area contributed by atoms with Gasteiger partial charge in [0.1, 0.15) is 17.0 Å². The molecule has 0 unspecified atom stereocenters. The largest absolute Gasteiger partial charge is 0.353 e. The number of hydrogen-bond acceptors (Lipinski definition) is 6. The van der Waals surface area contributed by atoms with Crippen LogP contribution in [0.2, 0.25) is 0 Å². The molecule has 2 aromatic heterocycles. The smallest absolute Gasteiger partial charge is 0.217 e. The lowest BCUT2D eigenvalue weighted by Gasteiger charge is -2.34. The molecule has 2 aromatic rings. The van der Waals surface area contributed by atoms with Crippen LogP contribution in [0.3, 0.4) is 0 Å². The van der Waals surface area contributed by atoms with Gasteiger partial charge in [0, 0.05) is 26.2 Å². The van der Waals surface area contributed by atoms with Crippen LogP contribution in [0, 0.1) is 0 Å². The highest BCUT2D eigenvalue weighted by molar-refractivity contribution is 7.90. The van der Waals surface area contributed by atoms with Crippen LogP contribution >= 0.6 is 11.3 Å². The fourth-order valence-corrected chi connectivity index (χ4v) is 5.31. The maximum atomic E-state index is 12.2. The van der Waals surface area contributed by atoms with Crippen molar-refractivity contribution in [3.05, 3.63) is 17.8 Å². The van der Waals surface area contributed by atoms with Crippen LogP contribution in [0.25, 0.3) is 10.2 Å². The number of fused-ring (bicyclic) bond motifs is 1. The zero-order valence-corrected chi connectivity index (χ0v) is 13.1. The van der Waals surface area contributed by atoms with E-state index in [-0.39, 0.29) is 5.25 Å². The van der Waals surface area contributed by atoms with Crippen LogP contribution in [-0.2, 0) is 10.0 Å². The first-order valence-corrected chi connectivity index (χ1v) is 9.46. The summed E-state index contributed by atoms with van der Waals surface area (Å²) in [4.78, 5) is 11.8. The quantitative estimate of drug-likeness (QED) is 0.851. The van der Waals surface area contributed by atoms with Crippen LogP contribution in [0.1, 0.15) is 12.8 Å². The van der Waals surface area contributed by atoms with E-state index in [1.165, 1.54) is 0 Å². The molecule has 0 aromatic carbocycles. The van der Waals surface area contributed by atoms with Gasteiger partial charge in [0.2, 0.25) is 10.0 Å². The van der Waals surface area contributed by atoms with Crippen molar-refractivity contribution < 1.29 is 8.42 Å². The highest BCUT2D eigenvalue weighted by Crippen LogP contribution is 2.32. The summed E-state index contributed by atoms with van der Waals surface area (Å²) in [5.74, 6) is 0.921. The zero-order valence-electron chi connectivity index (χ0n) is 11.5. The first kappa shape index (κ1) is 13.4. The number of thiophene rings is 1. The van der Waals surface area contributed by atoms with Crippen molar-refractivity contribution in [3.63, 3.8) is 0 Å². The standard InChI is InChI=1S/C13H16N4O2S2/c18-21(19,10-1-2-10)17-6-4-16(5-7-17)12-11-3-8-20-13(11)15-9-14-12/h3,8-10H,1-2,4-7H2. The van der Waals surface area contributed by atoms with Crippen LogP contribution < -0.4 is 4.90 Å². The highest BCUT2D eigenvalue weighted by atomic mass is 32.2. The third kappa shape index (κ3) is 2.31. The van der Waals surface area contributed by atoms with Crippen molar-refractivity contribution in [3.8, 4) is 0 Å². The summed E-state index contributed by atoms with van der Waals surface area (Å²) in [6.45, 7) is 2.48. The van der Waals surface area contributed by atoms with Gasteiger partial charge in [-0.15, -0.1) is 11.3 Å². The molecule has 1 aliphatic heterocycles. The highest BCUT2D eigenvalue weighted by Gasteiger charge is 2.41. The van der Waals surface area contributed by atoms with Gasteiger partial charge in [0.25, 0.3) is 0 Å². The lowest BCUT2D eigenvalue weighted by molar-refractivity contribution is 0.383. The van der Waals surface area contributed by atoms with Gasteiger partial charge in [-0.05, 0) is 24.3 Å². The van der Waals surface area contributed by atoms with Crippen LogP contribution in [0.5, 0.6) is 0 Å². The average molecular weight is 324 g/mol. The Bertz CT molecular complexity index is 761. The third-order valence-electron chi connectivity index (χ3n) is 4.08. The maximum Gasteiger partial charge on any atom is 0.217 e. The molecule has 2 fully saturated rings. The minimum atomic E-state index is -3.05. The van der Waals surface area contributed by atoms with Gasteiger partial charge in [-0.2, -0.15) is 4.31 Å². The fourth-order valence-electron chi connectivity index (χ4n) is 2.76. The van der Waals surface area contributed by atoms with E-state index >= 15 is 0 Å². The number of nitrogens with zero attached hydrogens (tertiary/aromatic N) is 4. The number of rotatable bonds is 3. The van der Waals surface area contributed by atoms with Gasteiger partial charge >= 0.3 is 0 Å². The van der Waals surface area contributed by atoms with Crippen LogP contribution in [0.15, 0.2) is 17.8 Å². The van der Waals surface area contributed by atoms with E-state index in [1.54, 1.807) is 22.0 Å².